The number of hydrogen-bond acceptors (Lipinski definition) is 5. The number of rotatable bonds is 11. The summed E-state index contributed by atoms with van der Waals surface area (Å²) in [5.74, 6) is 1.60. The lowest BCUT2D eigenvalue weighted by molar-refractivity contribution is -0.137. The van der Waals surface area contributed by atoms with E-state index in [9.17, 15) is 4.79 Å². The van der Waals surface area contributed by atoms with Crippen molar-refractivity contribution < 1.29 is 23.7 Å². The zero-order chi connectivity index (χ0) is 22.2. The summed E-state index contributed by atoms with van der Waals surface area (Å²) >= 11 is 0. The third-order valence-corrected chi connectivity index (χ3v) is 8.16. The third-order valence-electron chi connectivity index (χ3n) is 8.16. The van der Waals surface area contributed by atoms with Crippen LogP contribution < -0.4 is 0 Å². The van der Waals surface area contributed by atoms with Crippen molar-refractivity contribution >= 4 is 6.16 Å². The van der Waals surface area contributed by atoms with Crippen molar-refractivity contribution in [3.63, 3.8) is 0 Å². The largest absolute Gasteiger partial charge is 0.508 e. The van der Waals surface area contributed by atoms with Crippen molar-refractivity contribution in [1.29, 1.82) is 0 Å². The van der Waals surface area contributed by atoms with Gasteiger partial charge in [-0.3, -0.25) is 0 Å². The van der Waals surface area contributed by atoms with Gasteiger partial charge in [0.1, 0.15) is 12.9 Å². The van der Waals surface area contributed by atoms with Crippen molar-refractivity contribution in [1.82, 2.24) is 0 Å². The number of hydrogen-bond donors (Lipinski definition) is 0. The van der Waals surface area contributed by atoms with Crippen molar-refractivity contribution in [2.75, 3.05) is 21.0 Å². The molecule has 30 heavy (non-hydrogen) atoms. The molecule has 0 radical (unpaired) electrons. The van der Waals surface area contributed by atoms with Crippen LogP contribution in [0.2, 0.25) is 0 Å². The molecule has 174 valence electrons. The highest BCUT2D eigenvalue weighted by Gasteiger charge is 2.53. The van der Waals surface area contributed by atoms with Crippen molar-refractivity contribution in [2.45, 2.75) is 97.2 Å². The Morgan fingerprint density at radius 3 is 2.57 bits per heavy atom. The fourth-order valence-electron chi connectivity index (χ4n) is 6.19. The number of fused-ring (bicyclic) bond motifs is 1. The molecular weight excluding hydrogens is 380 g/mol. The summed E-state index contributed by atoms with van der Waals surface area (Å²) in [4.78, 5) is 11.7. The minimum Gasteiger partial charge on any atom is -0.438 e. The summed E-state index contributed by atoms with van der Waals surface area (Å²) in [5.41, 5.74) is 0.148. The molecule has 0 aromatic rings. The van der Waals surface area contributed by atoms with E-state index in [2.05, 4.69) is 39.8 Å². The first-order valence-electron chi connectivity index (χ1n) is 11.9. The molecule has 0 aromatic heterocycles. The van der Waals surface area contributed by atoms with Crippen LogP contribution >= 0.6 is 0 Å². The summed E-state index contributed by atoms with van der Waals surface area (Å²) < 4.78 is 21.5. The van der Waals surface area contributed by atoms with Gasteiger partial charge in [0.25, 0.3) is 0 Å². The number of allylic oxidation sites excluding steroid dienone is 2. The van der Waals surface area contributed by atoms with Gasteiger partial charge in [0.05, 0.1) is 12.7 Å². The topological polar surface area (TPSA) is 54.0 Å². The van der Waals surface area contributed by atoms with E-state index in [1.54, 1.807) is 7.11 Å². The minimum atomic E-state index is -0.535. The number of methoxy groups -OCH3 is 2. The quantitative estimate of drug-likeness (QED) is 0.215. The molecule has 0 N–H and O–H groups in total. The minimum absolute atomic E-state index is 0.00466. The van der Waals surface area contributed by atoms with Gasteiger partial charge in [0, 0.05) is 13.0 Å². The molecule has 2 fully saturated rings. The number of carbonyl (C=O) groups is 1. The fourth-order valence-corrected chi connectivity index (χ4v) is 6.19. The maximum absolute atomic E-state index is 11.7. The van der Waals surface area contributed by atoms with Gasteiger partial charge in [0.15, 0.2) is 0 Å². The summed E-state index contributed by atoms with van der Waals surface area (Å²) in [6.07, 6.45) is 13.9. The smallest absolute Gasteiger partial charge is 0.438 e. The lowest BCUT2D eigenvalue weighted by Crippen LogP contribution is -2.43. The zero-order valence-electron chi connectivity index (χ0n) is 20.1. The first-order valence-corrected chi connectivity index (χ1v) is 11.9. The van der Waals surface area contributed by atoms with Gasteiger partial charge < -0.3 is 18.9 Å². The van der Waals surface area contributed by atoms with Gasteiger partial charge in [-0.25, -0.2) is 4.79 Å². The van der Waals surface area contributed by atoms with E-state index < -0.39 is 6.16 Å². The Kier molecular flexibility index (Phi) is 9.67. The molecule has 2 aliphatic rings. The second kappa shape index (κ2) is 11.5. The Hall–Kier alpha value is -1.07. The molecule has 5 heteroatoms. The summed E-state index contributed by atoms with van der Waals surface area (Å²) in [6.45, 7) is 9.53. The molecule has 5 nitrogen and oxygen atoms in total. The molecule has 5 atom stereocenters. The predicted octanol–water partition coefficient (Wildman–Crippen LogP) is 6.51. The van der Waals surface area contributed by atoms with Gasteiger partial charge in [-0.15, -0.1) is 0 Å². The first kappa shape index (κ1) is 25.2. The normalized spacial score (nSPS) is 30.3. The van der Waals surface area contributed by atoms with E-state index in [1.807, 2.05) is 0 Å². The van der Waals surface area contributed by atoms with Gasteiger partial charge in [-0.1, -0.05) is 39.8 Å². The molecule has 0 aliphatic heterocycles. The lowest BCUT2D eigenvalue weighted by Gasteiger charge is -2.45. The highest BCUT2D eigenvalue weighted by atomic mass is 16.7. The molecule has 0 bridgehead atoms. The van der Waals surface area contributed by atoms with Crippen molar-refractivity contribution in [2.24, 2.45) is 23.2 Å². The van der Waals surface area contributed by atoms with E-state index >= 15 is 0 Å². The highest BCUT2D eigenvalue weighted by Crippen LogP contribution is 2.58. The standard InChI is InChI=1S/C25H44O5/c1-7-25(8-2,29-18-27-5)17-10-9-12-19(3)20-14-15-21-22(30-23(26)28-6)13-11-16-24(20,21)4/h9,12,19-22H,7-8,10-11,13-18H2,1-6H3/t19-,20?,21?,22?,24?/m0/s1. The molecule has 2 aliphatic carbocycles. The van der Waals surface area contributed by atoms with Crippen molar-refractivity contribution in [3.8, 4) is 0 Å². The van der Waals surface area contributed by atoms with E-state index in [4.69, 9.17) is 18.9 Å². The average Bonchev–Trinajstić information content (AvgIpc) is 3.11. The van der Waals surface area contributed by atoms with Crippen LogP contribution in [0.5, 0.6) is 0 Å². The molecule has 4 unspecified atom stereocenters. The van der Waals surface area contributed by atoms with Crippen LogP contribution in [-0.2, 0) is 18.9 Å². The van der Waals surface area contributed by atoms with E-state index in [0.717, 1.165) is 44.9 Å². The molecular formula is C25H44O5. The second-order valence-corrected chi connectivity index (χ2v) is 9.57. The Balaban J connectivity index is 1.95. The third kappa shape index (κ3) is 5.79. The van der Waals surface area contributed by atoms with Crippen LogP contribution in [0.25, 0.3) is 0 Å². The molecule has 0 amide bonds. The molecule has 2 rings (SSSR count). The van der Waals surface area contributed by atoms with Crippen LogP contribution in [0, 0.1) is 23.2 Å². The summed E-state index contributed by atoms with van der Waals surface area (Å²) in [7, 11) is 3.07. The monoisotopic (exact) mass is 424 g/mol. The highest BCUT2D eigenvalue weighted by molar-refractivity contribution is 5.59. The van der Waals surface area contributed by atoms with Crippen LogP contribution in [0.15, 0.2) is 12.2 Å². The molecule has 2 saturated carbocycles. The average molecular weight is 425 g/mol. The van der Waals surface area contributed by atoms with Crippen LogP contribution in [-0.4, -0.2) is 38.9 Å². The van der Waals surface area contributed by atoms with Gasteiger partial charge >= 0.3 is 6.16 Å². The first-order chi connectivity index (χ1) is 14.4. The maximum Gasteiger partial charge on any atom is 0.508 e. The summed E-state index contributed by atoms with van der Waals surface area (Å²) in [6, 6.07) is 0. The summed E-state index contributed by atoms with van der Waals surface area (Å²) in [5, 5.41) is 0. The van der Waals surface area contributed by atoms with Crippen LogP contribution in [0.3, 0.4) is 0 Å². The Labute approximate surface area is 183 Å². The number of ether oxygens (including phenoxy) is 4. The SMILES string of the molecule is CCC(CC)(CCC=C[C@H](C)C1CCC2C(OC(=O)OC)CCCC21C)OCOC. The van der Waals surface area contributed by atoms with Crippen LogP contribution in [0.1, 0.15) is 85.5 Å². The second-order valence-electron chi connectivity index (χ2n) is 9.57. The van der Waals surface area contributed by atoms with E-state index in [0.29, 0.717) is 24.5 Å². The maximum atomic E-state index is 11.7. The van der Waals surface area contributed by atoms with E-state index in [1.165, 1.54) is 20.0 Å². The van der Waals surface area contributed by atoms with Gasteiger partial charge in [0.2, 0.25) is 0 Å². The van der Waals surface area contributed by atoms with Crippen molar-refractivity contribution in [3.05, 3.63) is 12.2 Å². The van der Waals surface area contributed by atoms with E-state index in [-0.39, 0.29) is 17.1 Å². The van der Waals surface area contributed by atoms with Gasteiger partial charge in [-0.05, 0) is 75.0 Å². The Morgan fingerprint density at radius 1 is 1.20 bits per heavy atom. The molecule has 0 saturated heterocycles. The molecule has 0 aromatic carbocycles. The zero-order valence-corrected chi connectivity index (χ0v) is 20.1. The Bertz CT molecular complexity index is 556. The predicted molar refractivity (Wildman–Crippen MR) is 119 cm³/mol. The Morgan fingerprint density at radius 2 is 1.93 bits per heavy atom. The van der Waals surface area contributed by atoms with Gasteiger partial charge in [-0.2, -0.15) is 0 Å². The number of carbonyl (C=O) groups excluding carboxylic acids is 1. The fraction of sp³-hybridized carbons (Fsp3) is 0.880. The molecule has 0 heterocycles. The molecule has 0 spiro atoms. The van der Waals surface area contributed by atoms with Crippen LogP contribution in [0.4, 0.5) is 4.79 Å². The lowest BCUT2D eigenvalue weighted by atomic mass is 9.62.